The minimum Gasteiger partial charge on any atom is -0.462 e. The number of nitrogens with zero attached hydrogens (tertiary/aromatic N) is 1. The van der Waals surface area contributed by atoms with E-state index in [9.17, 15) is 14.4 Å². The Kier molecular flexibility index (Phi) is 7.15. The molecule has 0 saturated carbocycles. The second-order valence-electron chi connectivity index (χ2n) is 6.31. The Bertz CT molecular complexity index is 638. The van der Waals surface area contributed by atoms with Gasteiger partial charge in [0.05, 0.1) is 24.3 Å². The van der Waals surface area contributed by atoms with E-state index in [1.54, 1.807) is 13.8 Å². The highest BCUT2D eigenvalue weighted by Crippen LogP contribution is 2.15. The van der Waals surface area contributed by atoms with Crippen LogP contribution in [0.3, 0.4) is 0 Å². The minimum atomic E-state index is -0.579. The van der Waals surface area contributed by atoms with E-state index in [1.807, 2.05) is 7.05 Å². The van der Waals surface area contributed by atoms with Gasteiger partial charge in [0.2, 0.25) is 0 Å². The summed E-state index contributed by atoms with van der Waals surface area (Å²) in [4.78, 5) is 39.0. The van der Waals surface area contributed by atoms with Crippen LogP contribution in [-0.2, 0) is 9.47 Å². The van der Waals surface area contributed by atoms with Crippen LogP contribution < -0.4 is 5.32 Å². The topological polar surface area (TPSA) is 84.9 Å². The van der Waals surface area contributed by atoms with Crippen molar-refractivity contribution in [1.82, 2.24) is 10.2 Å². The van der Waals surface area contributed by atoms with Gasteiger partial charge in [-0.1, -0.05) is 0 Å². The van der Waals surface area contributed by atoms with Crippen molar-refractivity contribution in [3.63, 3.8) is 0 Å². The summed E-state index contributed by atoms with van der Waals surface area (Å²) < 4.78 is 9.98. The van der Waals surface area contributed by atoms with Crippen LogP contribution in [0.5, 0.6) is 0 Å². The monoisotopic (exact) mass is 362 g/mol. The summed E-state index contributed by atoms with van der Waals surface area (Å²) in [6.07, 6.45) is 1.91. The number of hydrogen-bond acceptors (Lipinski definition) is 6. The predicted molar refractivity (Wildman–Crippen MR) is 96.3 cm³/mol. The molecule has 1 saturated heterocycles. The Morgan fingerprint density at radius 1 is 1.04 bits per heavy atom. The van der Waals surface area contributed by atoms with E-state index < -0.39 is 11.9 Å². The Morgan fingerprint density at radius 2 is 1.58 bits per heavy atom. The Balaban J connectivity index is 2.25. The van der Waals surface area contributed by atoms with Crippen molar-refractivity contribution in [2.45, 2.75) is 32.7 Å². The highest BCUT2D eigenvalue weighted by Gasteiger charge is 2.22. The fourth-order valence-corrected chi connectivity index (χ4v) is 2.98. The van der Waals surface area contributed by atoms with Crippen LogP contribution in [0.15, 0.2) is 18.2 Å². The first-order chi connectivity index (χ1) is 12.4. The SMILES string of the molecule is CCOC(=O)c1cc(C(=O)NC2CCCN(C)C2)cc(C(=O)OCC)c1. The molecule has 0 aliphatic carbocycles. The van der Waals surface area contributed by atoms with Gasteiger partial charge < -0.3 is 19.7 Å². The Hall–Kier alpha value is -2.41. The third-order valence-corrected chi connectivity index (χ3v) is 4.18. The van der Waals surface area contributed by atoms with Gasteiger partial charge in [0.1, 0.15) is 0 Å². The lowest BCUT2D eigenvalue weighted by Crippen LogP contribution is -2.46. The molecule has 1 aromatic carbocycles. The largest absolute Gasteiger partial charge is 0.462 e. The van der Waals surface area contributed by atoms with Crippen molar-refractivity contribution in [1.29, 1.82) is 0 Å². The normalized spacial score (nSPS) is 17.4. The summed E-state index contributed by atoms with van der Waals surface area (Å²) >= 11 is 0. The van der Waals surface area contributed by atoms with E-state index in [-0.39, 0.29) is 41.9 Å². The molecule has 1 aliphatic heterocycles. The summed E-state index contributed by atoms with van der Waals surface area (Å²) in [6.45, 7) is 5.59. The van der Waals surface area contributed by atoms with Crippen LogP contribution in [0.1, 0.15) is 57.8 Å². The van der Waals surface area contributed by atoms with Crippen molar-refractivity contribution in [3.8, 4) is 0 Å². The molecule has 7 heteroatoms. The van der Waals surface area contributed by atoms with Gasteiger partial charge in [-0.3, -0.25) is 4.79 Å². The van der Waals surface area contributed by atoms with Gasteiger partial charge in [-0.05, 0) is 58.5 Å². The Labute approximate surface area is 153 Å². The molecule has 1 unspecified atom stereocenters. The molecule has 1 aliphatic rings. The van der Waals surface area contributed by atoms with Crippen LogP contribution in [0.4, 0.5) is 0 Å². The molecule has 0 aromatic heterocycles. The number of hydrogen-bond donors (Lipinski definition) is 1. The zero-order valence-electron chi connectivity index (χ0n) is 15.5. The number of esters is 2. The smallest absolute Gasteiger partial charge is 0.338 e. The molecule has 1 heterocycles. The number of amides is 1. The zero-order valence-corrected chi connectivity index (χ0v) is 15.5. The third-order valence-electron chi connectivity index (χ3n) is 4.18. The first-order valence-electron chi connectivity index (χ1n) is 8.93. The summed E-state index contributed by atoms with van der Waals surface area (Å²) in [7, 11) is 2.01. The van der Waals surface area contributed by atoms with Gasteiger partial charge in [0.15, 0.2) is 0 Å². The highest BCUT2D eigenvalue weighted by molar-refractivity contribution is 6.02. The van der Waals surface area contributed by atoms with E-state index in [1.165, 1.54) is 18.2 Å². The average Bonchev–Trinajstić information content (AvgIpc) is 2.61. The van der Waals surface area contributed by atoms with Gasteiger partial charge in [-0.15, -0.1) is 0 Å². The van der Waals surface area contributed by atoms with Gasteiger partial charge in [0.25, 0.3) is 5.91 Å². The number of rotatable bonds is 6. The number of ether oxygens (including phenoxy) is 2. The number of carbonyl (C=O) groups is 3. The van der Waals surface area contributed by atoms with Gasteiger partial charge >= 0.3 is 11.9 Å². The van der Waals surface area contributed by atoms with Crippen LogP contribution in [0.25, 0.3) is 0 Å². The van der Waals surface area contributed by atoms with Crippen molar-refractivity contribution in [2.24, 2.45) is 0 Å². The zero-order chi connectivity index (χ0) is 19.1. The molecule has 1 atom stereocenters. The lowest BCUT2D eigenvalue weighted by Gasteiger charge is -2.30. The molecular weight excluding hydrogens is 336 g/mol. The van der Waals surface area contributed by atoms with Crippen LogP contribution in [-0.4, -0.2) is 62.1 Å². The van der Waals surface area contributed by atoms with Crippen LogP contribution in [0.2, 0.25) is 0 Å². The maximum absolute atomic E-state index is 12.7. The molecule has 2 rings (SSSR count). The predicted octanol–water partition coefficient (Wildman–Crippen LogP) is 1.86. The van der Waals surface area contributed by atoms with Gasteiger partial charge in [-0.25, -0.2) is 9.59 Å². The van der Waals surface area contributed by atoms with E-state index in [0.29, 0.717) is 0 Å². The summed E-state index contributed by atoms with van der Waals surface area (Å²) in [5.74, 6) is -1.47. The van der Waals surface area contributed by atoms with Gasteiger partial charge in [0, 0.05) is 18.2 Å². The number of piperidine rings is 1. The number of likely N-dealkylation sites (N-methyl/N-ethyl adjacent to an activating group) is 1. The summed E-state index contributed by atoms with van der Waals surface area (Å²) in [6, 6.07) is 4.32. The van der Waals surface area contributed by atoms with Crippen molar-refractivity contribution < 1.29 is 23.9 Å². The maximum Gasteiger partial charge on any atom is 0.338 e. The molecule has 0 spiro atoms. The number of carbonyl (C=O) groups excluding carboxylic acids is 3. The van der Waals surface area contributed by atoms with Gasteiger partial charge in [-0.2, -0.15) is 0 Å². The molecule has 1 aromatic rings. The van der Waals surface area contributed by atoms with E-state index in [2.05, 4.69) is 10.2 Å². The molecule has 1 amide bonds. The minimum absolute atomic E-state index is 0.0403. The molecule has 1 fully saturated rings. The fourth-order valence-electron chi connectivity index (χ4n) is 2.98. The standard InChI is InChI=1S/C19H26N2O5/c1-4-25-18(23)14-9-13(10-15(11-14)19(24)26-5-2)17(22)20-16-7-6-8-21(3)12-16/h9-11,16H,4-8,12H2,1-3H3,(H,20,22). The van der Waals surface area contributed by atoms with Crippen LogP contribution >= 0.6 is 0 Å². The van der Waals surface area contributed by atoms with Crippen molar-refractivity contribution in [2.75, 3.05) is 33.4 Å². The fraction of sp³-hybridized carbons (Fsp3) is 0.526. The third kappa shape index (κ3) is 5.29. The molecular formula is C19H26N2O5. The van der Waals surface area contributed by atoms with E-state index >= 15 is 0 Å². The molecule has 0 bridgehead atoms. The molecule has 26 heavy (non-hydrogen) atoms. The average molecular weight is 362 g/mol. The summed E-state index contributed by atoms with van der Waals surface area (Å²) in [5.41, 5.74) is 0.554. The second kappa shape index (κ2) is 9.33. The molecule has 142 valence electrons. The molecule has 7 nitrogen and oxygen atoms in total. The van der Waals surface area contributed by atoms with Crippen molar-refractivity contribution in [3.05, 3.63) is 34.9 Å². The number of benzene rings is 1. The van der Waals surface area contributed by atoms with E-state index in [4.69, 9.17) is 9.47 Å². The number of likely N-dealkylation sites (tertiary alicyclic amines) is 1. The van der Waals surface area contributed by atoms with Crippen LogP contribution in [0, 0.1) is 0 Å². The first-order valence-corrected chi connectivity index (χ1v) is 8.93. The first kappa shape index (κ1) is 19.9. The lowest BCUT2D eigenvalue weighted by atomic mass is 10.0. The second-order valence-corrected chi connectivity index (χ2v) is 6.31. The Morgan fingerprint density at radius 3 is 2.08 bits per heavy atom. The molecule has 0 radical (unpaired) electrons. The quantitative estimate of drug-likeness (QED) is 0.778. The van der Waals surface area contributed by atoms with Crippen molar-refractivity contribution >= 4 is 17.8 Å². The van der Waals surface area contributed by atoms with E-state index in [0.717, 1.165) is 25.9 Å². The number of nitrogens with one attached hydrogen (secondary N) is 1. The highest BCUT2D eigenvalue weighted by atomic mass is 16.5. The molecule has 1 N–H and O–H groups in total. The maximum atomic E-state index is 12.7. The lowest BCUT2D eigenvalue weighted by molar-refractivity contribution is 0.0525. The summed E-state index contributed by atoms with van der Waals surface area (Å²) in [5, 5.41) is 2.98.